The Bertz CT molecular complexity index is 431. The van der Waals surface area contributed by atoms with Gasteiger partial charge in [-0.3, -0.25) is 4.79 Å². The first-order valence-electron chi connectivity index (χ1n) is 6.52. The smallest absolute Gasteiger partial charge is 0.236 e. The van der Waals surface area contributed by atoms with Crippen LogP contribution < -0.4 is 5.73 Å². The number of amides is 1. The Morgan fingerprint density at radius 3 is 2.37 bits per heavy atom. The first-order valence-corrected chi connectivity index (χ1v) is 6.93. The minimum atomic E-state index is -0.520. The molecule has 0 spiro atoms. The maximum absolute atomic E-state index is 12.5. The van der Waals surface area contributed by atoms with Gasteiger partial charge in [0.25, 0.3) is 0 Å². The van der Waals surface area contributed by atoms with Gasteiger partial charge in [0.05, 0.1) is 4.99 Å². The summed E-state index contributed by atoms with van der Waals surface area (Å²) in [5, 5.41) is 0. The van der Waals surface area contributed by atoms with Crippen molar-refractivity contribution in [3.05, 3.63) is 35.9 Å². The molecule has 0 aliphatic rings. The molecule has 4 heteroatoms. The highest BCUT2D eigenvalue weighted by Gasteiger charge is 2.26. The molecule has 0 bridgehead atoms. The molecular formula is C15H22N2OS. The van der Waals surface area contributed by atoms with Gasteiger partial charge in [-0.1, -0.05) is 56.4 Å². The molecule has 0 aliphatic carbocycles. The number of carbonyl (C=O) groups is 1. The SMILES string of the molecule is CC(C)CCN(C)C(=O)C(C(N)=S)c1ccccc1. The van der Waals surface area contributed by atoms with Crippen LogP contribution >= 0.6 is 12.2 Å². The Morgan fingerprint density at radius 1 is 1.32 bits per heavy atom. The number of nitrogens with two attached hydrogens (primary N) is 1. The van der Waals surface area contributed by atoms with Crippen LogP contribution in [0.3, 0.4) is 0 Å². The van der Waals surface area contributed by atoms with Crippen molar-refractivity contribution in [1.29, 1.82) is 0 Å². The maximum atomic E-state index is 12.5. The van der Waals surface area contributed by atoms with E-state index in [1.54, 1.807) is 11.9 Å². The van der Waals surface area contributed by atoms with Gasteiger partial charge in [-0.05, 0) is 17.9 Å². The summed E-state index contributed by atoms with van der Waals surface area (Å²) < 4.78 is 0. The third kappa shape index (κ3) is 4.63. The van der Waals surface area contributed by atoms with E-state index in [2.05, 4.69) is 13.8 Å². The standard InChI is InChI=1S/C15H22N2OS/c1-11(2)9-10-17(3)15(18)13(14(16)19)12-7-5-4-6-8-12/h4-8,11,13H,9-10H2,1-3H3,(H2,16,19). The predicted molar refractivity (Wildman–Crippen MR) is 83.1 cm³/mol. The van der Waals surface area contributed by atoms with E-state index in [9.17, 15) is 4.79 Å². The Kier molecular flexibility index (Phi) is 5.96. The van der Waals surface area contributed by atoms with Gasteiger partial charge < -0.3 is 10.6 Å². The van der Waals surface area contributed by atoms with Crippen molar-refractivity contribution >= 4 is 23.1 Å². The van der Waals surface area contributed by atoms with Crippen LogP contribution in [0.15, 0.2) is 30.3 Å². The van der Waals surface area contributed by atoms with Crippen molar-refractivity contribution in [1.82, 2.24) is 4.90 Å². The van der Waals surface area contributed by atoms with Crippen LogP contribution in [-0.2, 0) is 4.79 Å². The Hall–Kier alpha value is -1.42. The van der Waals surface area contributed by atoms with Crippen LogP contribution in [-0.4, -0.2) is 29.4 Å². The van der Waals surface area contributed by atoms with Crippen LogP contribution in [0, 0.1) is 5.92 Å². The highest BCUT2D eigenvalue weighted by molar-refractivity contribution is 7.80. The average molecular weight is 278 g/mol. The van der Waals surface area contributed by atoms with E-state index in [4.69, 9.17) is 18.0 Å². The molecule has 0 aliphatic heterocycles. The molecule has 104 valence electrons. The van der Waals surface area contributed by atoms with Crippen molar-refractivity contribution in [2.24, 2.45) is 11.7 Å². The molecule has 0 fully saturated rings. The fourth-order valence-electron chi connectivity index (χ4n) is 1.86. The van der Waals surface area contributed by atoms with Gasteiger partial charge in [0, 0.05) is 13.6 Å². The van der Waals surface area contributed by atoms with Crippen molar-refractivity contribution < 1.29 is 4.79 Å². The Balaban J connectivity index is 2.83. The minimum absolute atomic E-state index is 0.0284. The summed E-state index contributed by atoms with van der Waals surface area (Å²) in [6, 6.07) is 9.47. The van der Waals surface area contributed by atoms with Gasteiger partial charge in [0.2, 0.25) is 5.91 Å². The van der Waals surface area contributed by atoms with Gasteiger partial charge in [0.1, 0.15) is 5.92 Å². The number of hydrogen-bond donors (Lipinski definition) is 1. The Morgan fingerprint density at radius 2 is 1.89 bits per heavy atom. The molecule has 1 aromatic rings. The van der Waals surface area contributed by atoms with Gasteiger partial charge in [0.15, 0.2) is 0 Å². The lowest BCUT2D eigenvalue weighted by atomic mass is 9.97. The molecule has 1 amide bonds. The topological polar surface area (TPSA) is 46.3 Å². The molecule has 0 saturated heterocycles. The molecule has 1 rings (SSSR count). The lowest BCUT2D eigenvalue weighted by Gasteiger charge is -2.24. The maximum Gasteiger partial charge on any atom is 0.236 e. The van der Waals surface area contributed by atoms with Crippen molar-refractivity contribution in [3.63, 3.8) is 0 Å². The van der Waals surface area contributed by atoms with Gasteiger partial charge >= 0.3 is 0 Å². The molecule has 1 atom stereocenters. The first-order chi connectivity index (χ1) is 8.93. The van der Waals surface area contributed by atoms with E-state index < -0.39 is 5.92 Å². The number of rotatable bonds is 6. The van der Waals surface area contributed by atoms with E-state index in [1.165, 1.54) is 0 Å². The summed E-state index contributed by atoms with van der Waals surface area (Å²) in [5.41, 5.74) is 6.61. The Labute approximate surface area is 120 Å². The zero-order chi connectivity index (χ0) is 14.4. The number of likely N-dealkylation sites (N-methyl/N-ethyl adjacent to an activating group) is 1. The van der Waals surface area contributed by atoms with Crippen LogP contribution in [0.25, 0.3) is 0 Å². The van der Waals surface area contributed by atoms with E-state index in [0.717, 1.165) is 18.5 Å². The second kappa shape index (κ2) is 7.24. The van der Waals surface area contributed by atoms with Crippen LogP contribution in [0.1, 0.15) is 31.7 Å². The number of nitrogens with zero attached hydrogens (tertiary/aromatic N) is 1. The largest absolute Gasteiger partial charge is 0.392 e. The zero-order valence-electron chi connectivity index (χ0n) is 11.8. The van der Waals surface area contributed by atoms with E-state index >= 15 is 0 Å². The summed E-state index contributed by atoms with van der Waals surface area (Å²) in [6.45, 7) is 5.00. The monoisotopic (exact) mass is 278 g/mol. The molecule has 2 N–H and O–H groups in total. The van der Waals surface area contributed by atoms with Crippen molar-refractivity contribution in [2.75, 3.05) is 13.6 Å². The van der Waals surface area contributed by atoms with E-state index in [1.807, 2.05) is 30.3 Å². The molecule has 1 unspecified atom stereocenters. The summed E-state index contributed by atoms with van der Waals surface area (Å²) in [4.78, 5) is 14.4. The second-order valence-electron chi connectivity index (χ2n) is 5.19. The highest BCUT2D eigenvalue weighted by Crippen LogP contribution is 2.19. The molecule has 0 heterocycles. The molecule has 0 saturated carbocycles. The van der Waals surface area contributed by atoms with Crippen LogP contribution in [0.5, 0.6) is 0 Å². The molecule has 0 aromatic heterocycles. The summed E-state index contributed by atoms with van der Waals surface area (Å²) in [7, 11) is 1.80. The zero-order valence-corrected chi connectivity index (χ0v) is 12.6. The molecule has 19 heavy (non-hydrogen) atoms. The summed E-state index contributed by atoms with van der Waals surface area (Å²) in [5.74, 6) is 0.0166. The number of hydrogen-bond acceptors (Lipinski definition) is 2. The molecule has 0 radical (unpaired) electrons. The average Bonchev–Trinajstić information content (AvgIpc) is 2.36. The number of benzene rings is 1. The summed E-state index contributed by atoms with van der Waals surface area (Å²) >= 11 is 5.06. The molecular weight excluding hydrogens is 256 g/mol. The first kappa shape index (κ1) is 15.6. The predicted octanol–water partition coefficient (Wildman–Crippen LogP) is 2.56. The summed E-state index contributed by atoms with van der Waals surface area (Å²) in [6.07, 6.45) is 0.973. The van der Waals surface area contributed by atoms with Crippen molar-refractivity contribution in [3.8, 4) is 0 Å². The third-order valence-corrected chi connectivity index (χ3v) is 3.32. The molecule has 1 aromatic carbocycles. The lowest BCUT2D eigenvalue weighted by Crippen LogP contribution is -2.38. The molecule has 3 nitrogen and oxygen atoms in total. The fourth-order valence-corrected chi connectivity index (χ4v) is 2.09. The quantitative estimate of drug-likeness (QED) is 0.814. The normalized spacial score (nSPS) is 12.2. The lowest BCUT2D eigenvalue weighted by molar-refractivity contribution is -0.130. The van der Waals surface area contributed by atoms with Crippen LogP contribution in [0.4, 0.5) is 0 Å². The number of carbonyl (C=O) groups excluding carboxylic acids is 1. The van der Waals surface area contributed by atoms with E-state index in [-0.39, 0.29) is 10.9 Å². The van der Waals surface area contributed by atoms with Gasteiger partial charge in [-0.25, -0.2) is 0 Å². The number of thiocarbonyl (C=S) groups is 1. The fraction of sp³-hybridized carbons (Fsp3) is 0.467. The minimum Gasteiger partial charge on any atom is -0.392 e. The van der Waals surface area contributed by atoms with Crippen LogP contribution in [0.2, 0.25) is 0 Å². The van der Waals surface area contributed by atoms with E-state index in [0.29, 0.717) is 5.92 Å². The highest BCUT2D eigenvalue weighted by atomic mass is 32.1. The third-order valence-electron chi connectivity index (χ3n) is 3.08. The second-order valence-corrected chi connectivity index (χ2v) is 5.66. The van der Waals surface area contributed by atoms with Gasteiger partial charge in [-0.2, -0.15) is 0 Å². The van der Waals surface area contributed by atoms with Crippen molar-refractivity contribution in [2.45, 2.75) is 26.2 Å². The van der Waals surface area contributed by atoms with Gasteiger partial charge in [-0.15, -0.1) is 0 Å².